The van der Waals surface area contributed by atoms with Crippen molar-refractivity contribution in [3.63, 3.8) is 0 Å². The minimum absolute atomic E-state index is 0.0500. The standard InChI is InChI=1S/C24H29ClN2O6/c1-2-12-26(16-9-5-4-8-15(16)25)22(30)20-24-11-10-17(33-24)18(23(31)32)19(24)21(29)27(20)13-6-3-7-14-28/h2,4-5,8-9,17-20,28H,1,3,6-7,10-14H2,(H,31,32)/t17-,18+,19+,20-,24+/m0/s1. The normalized spacial score (nSPS) is 29.9. The van der Waals surface area contributed by atoms with Crippen LogP contribution in [0.4, 0.5) is 5.69 Å². The summed E-state index contributed by atoms with van der Waals surface area (Å²) in [5.41, 5.74) is -0.668. The van der Waals surface area contributed by atoms with Crippen molar-refractivity contribution in [2.24, 2.45) is 11.8 Å². The fourth-order valence-electron chi connectivity index (χ4n) is 5.78. The molecule has 2 N–H and O–H groups in total. The zero-order chi connectivity index (χ0) is 23.8. The van der Waals surface area contributed by atoms with Crippen LogP contribution in [0.3, 0.4) is 0 Å². The zero-order valence-electron chi connectivity index (χ0n) is 18.4. The van der Waals surface area contributed by atoms with Crippen molar-refractivity contribution in [2.45, 2.75) is 49.9 Å². The lowest BCUT2D eigenvalue weighted by atomic mass is 9.70. The summed E-state index contributed by atoms with van der Waals surface area (Å²) < 4.78 is 6.22. The first-order chi connectivity index (χ1) is 15.9. The highest BCUT2D eigenvalue weighted by Gasteiger charge is 2.74. The molecule has 2 bridgehead atoms. The molecule has 0 saturated carbocycles. The van der Waals surface area contributed by atoms with E-state index in [0.29, 0.717) is 42.8 Å². The second kappa shape index (κ2) is 9.44. The van der Waals surface area contributed by atoms with Gasteiger partial charge in [0.1, 0.15) is 11.6 Å². The number of anilines is 1. The van der Waals surface area contributed by atoms with Crippen molar-refractivity contribution in [2.75, 3.05) is 24.6 Å². The van der Waals surface area contributed by atoms with Gasteiger partial charge in [-0.15, -0.1) is 6.58 Å². The molecule has 1 aromatic rings. The van der Waals surface area contributed by atoms with E-state index in [2.05, 4.69) is 6.58 Å². The first-order valence-electron chi connectivity index (χ1n) is 11.4. The minimum Gasteiger partial charge on any atom is -0.481 e. The summed E-state index contributed by atoms with van der Waals surface area (Å²) in [6.07, 6.45) is 3.83. The maximum Gasteiger partial charge on any atom is 0.310 e. The molecule has 0 aromatic heterocycles. The Morgan fingerprint density at radius 2 is 2.06 bits per heavy atom. The van der Waals surface area contributed by atoms with Crippen LogP contribution in [-0.2, 0) is 19.1 Å². The van der Waals surface area contributed by atoms with Crippen molar-refractivity contribution < 1.29 is 29.3 Å². The number of unbranched alkanes of at least 4 members (excludes halogenated alkanes) is 2. The molecule has 1 spiro atoms. The van der Waals surface area contributed by atoms with Gasteiger partial charge >= 0.3 is 5.97 Å². The number of likely N-dealkylation sites (tertiary alicyclic amines) is 1. The molecule has 3 saturated heterocycles. The number of carboxylic acid groups (broad SMARTS) is 1. The molecule has 3 aliphatic rings. The third-order valence-corrected chi connectivity index (χ3v) is 7.42. The van der Waals surface area contributed by atoms with Gasteiger partial charge in [0.15, 0.2) is 0 Å². The summed E-state index contributed by atoms with van der Waals surface area (Å²) in [4.78, 5) is 42.7. The SMILES string of the molecule is C=CCN(C(=O)[C@@H]1N(CCCCCO)C(=O)[C@H]2[C@H](C(=O)O)[C@@H]3CC[C@]12O3)c1ccccc1Cl. The summed E-state index contributed by atoms with van der Waals surface area (Å²) in [5.74, 6) is -3.62. The number of benzene rings is 1. The van der Waals surface area contributed by atoms with E-state index >= 15 is 0 Å². The Morgan fingerprint density at radius 3 is 2.73 bits per heavy atom. The predicted octanol–water partition coefficient (Wildman–Crippen LogP) is 2.48. The Hall–Kier alpha value is -2.42. The number of carbonyl (C=O) groups is 3. The van der Waals surface area contributed by atoms with E-state index in [0.717, 1.165) is 0 Å². The van der Waals surface area contributed by atoms with Crippen LogP contribution in [0, 0.1) is 11.8 Å². The second-order valence-electron chi connectivity index (χ2n) is 8.90. The molecular weight excluding hydrogens is 448 g/mol. The van der Waals surface area contributed by atoms with E-state index in [9.17, 15) is 19.5 Å². The maximum atomic E-state index is 14.1. The van der Waals surface area contributed by atoms with Crippen molar-refractivity contribution in [1.82, 2.24) is 4.90 Å². The molecular formula is C24H29ClN2O6. The van der Waals surface area contributed by atoms with Gasteiger partial charge in [-0.3, -0.25) is 14.4 Å². The largest absolute Gasteiger partial charge is 0.481 e. The first-order valence-corrected chi connectivity index (χ1v) is 11.7. The maximum absolute atomic E-state index is 14.1. The lowest BCUT2D eigenvalue weighted by molar-refractivity contribution is -0.149. The number of rotatable bonds is 10. The topological polar surface area (TPSA) is 107 Å². The molecule has 3 heterocycles. The number of hydrogen-bond donors (Lipinski definition) is 2. The summed E-state index contributed by atoms with van der Waals surface area (Å²) in [5, 5.41) is 19.3. The van der Waals surface area contributed by atoms with Gasteiger partial charge in [-0.05, 0) is 44.2 Å². The van der Waals surface area contributed by atoms with Gasteiger partial charge in [0, 0.05) is 19.7 Å². The lowest BCUT2D eigenvalue weighted by Crippen LogP contribution is -2.56. The van der Waals surface area contributed by atoms with Crippen LogP contribution in [-0.4, -0.2) is 70.3 Å². The lowest BCUT2D eigenvalue weighted by Gasteiger charge is -2.37. The number of amides is 2. The highest BCUT2D eigenvalue weighted by atomic mass is 35.5. The Labute approximate surface area is 197 Å². The molecule has 2 amide bonds. The van der Waals surface area contributed by atoms with E-state index in [1.165, 1.54) is 9.80 Å². The quantitative estimate of drug-likeness (QED) is 0.397. The fourth-order valence-corrected chi connectivity index (χ4v) is 6.02. The number of halogens is 1. The Bertz CT molecular complexity index is 955. The first kappa shape index (κ1) is 23.7. The van der Waals surface area contributed by atoms with Gasteiger partial charge in [-0.1, -0.05) is 29.8 Å². The van der Waals surface area contributed by atoms with Crippen LogP contribution in [0.5, 0.6) is 0 Å². The smallest absolute Gasteiger partial charge is 0.310 e. The number of carbonyl (C=O) groups excluding carboxylic acids is 2. The van der Waals surface area contributed by atoms with Gasteiger partial charge in [-0.25, -0.2) is 0 Å². The molecule has 8 nitrogen and oxygen atoms in total. The van der Waals surface area contributed by atoms with Crippen molar-refractivity contribution in [3.8, 4) is 0 Å². The molecule has 33 heavy (non-hydrogen) atoms. The highest BCUT2D eigenvalue weighted by molar-refractivity contribution is 6.34. The number of carboxylic acids is 1. The van der Waals surface area contributed by atoms with E-state index in [-0.39, 0.29) is 31.5 Å². The average Bonchev–Trinajstić information content (AvgIpc) is 3.43. The van der Waals surface area contributed by atoms with E-state index in [1.54, 1.807) is 30.3 Å². The number of hydrogen-bond acceptors (Lipinski definition) is 5. The number of nitrogens with zero attached hydrogens (tertiary/aromatic N) is 2. The summed E-state index contributed by atoms with van der Waals surface area (Å²) in [6.45, 7) is 4.28. The Kier molecular flexibility index (Phi) is 6.79. The molecule has 4 rings (SSSR count). The molecule has 3 aliphatic heterocycles. The highest BCUT2D eigenvalue weighted by Crippen LogP contribution is 2.58. The zero-order valence-corrected chi connectivity index (χ0v) is 19.1. The Morgan fingerprint density at radius 1 is 1.30 bits per heavy atom. The molecule has 5 atom stereocenters. The minimum atomic E-state index is -1.17. The van der Waals surface area contributed by atoms with Crippen molar-refractivity contribution >= 4 is 35.1 Å². The van der Waals surface area contributed by atoms with Crippen molar-refractivity contribution in [1.29, 1.82) is 0 Å². The van der Waals surface area contributed by atoms with Crippen LogP contribution < -0.4 is 4.90 Å². The number of ether oxygens (including phenoxy) is 1. The van der Waals surface area contributed by atoms with Crippen LogP contribution in [0.1, 0.15) is 32.1 Å². The van der Waals surface area contributed by atoms with Gasteiger partial charge in [0.2, 0.25) is 5.91 Å². The number of para-hydroxylation sites is 1. The number of aliphatic carboxylic acids is 1. The monoisotopic (exact) mass is 476 g/mol. The third kappa shape index (κ3) is 3.84. The van der Waals surface area contributed by atoms with Crippen LogP contribution in [0.2, 0.25) is 5.02 Å². The van der Waals surface area contributed by atoms with Crippen LogP contribution >= 0.6 is 11.6 Å². The molecule has 1 aromatic carbocycles. The molecule has 178 valence electrons. The Balaban J connectivity index is 1.74. The predicted molar refractivity (Wildman–Crippen MR) is 122 cm³/mol. The van der Waals surface area contributed by atoms with Gasteiger partial charge in [-0.2, -0.15) is 0 Å². The van der Waals surface area contributed by atoms with E-state index < -0.39 is 35.6 Å². The van der Waals surface area contributed by atoms with E-state index in [1.807, 2.05) is 0 Å². The van der Waals surface area contributed by atoms with Crippen LogP contribution in [0.15, 0.2) is 36.9 Å². The molecule has 0 unspecified atom stereocenters. The van der Waals surface area contributed by atoms with Gasteiger partial charge in [0.05, 0.1) is 28.6 Å². The van der Waals surface area contributed by atoms with Crippen molar-refractivity contribution in [3.05, 3.63) is 41.9 Å². The molecule has 0 aliphatic carbocycles. The van der Waals surface area contributed by atoms with E-state index in [4.69, 9.17) is 21.4 Å². The van der Waals surface area contributed by atoms with Gasteiger partial charge < -0.3 is 24.7 Å². The summed E-state index contributed by atoms with van der Waals surface area (Å²) in [6, 6.07) is 6.01. The molecule has 0 radical (unpaired) electrons. The molecule has 9 heteroatoms. The average molecular weight is 477 g/mol. The summed E-state index contributed by atoms with van der Waals surface area (Å²) in [7, 11) is 0. The summed E-state index contributed by atoms with van der Waals surface area (Å²) >= 11 is 6.40. The number of aliphatic hydroxyl groups is 1. The third-order valence-electron chi connectivity index (χ3n) is 7.10. The fraction of sp³-hybridized carbons (Fsp3) is 0.542. The number of aliphatic hydroxyl groups excluding tert-OH is 1. The van der Waals surface area contributed by atoms with Crippen LogP contribution in [0.25, 0.3) is 0 Å². The second-order valence-corrected chi connectivity index (χ2v) is 9.31. The number of fused-ring (bicyclic) bond motifs is 1. The molecule has 3 fully saturated rings. The van der Waals surface area contributed by atoms with Gasteiger partial charge in [0.25, 0.3) is 5.91 Å².